The normalized spacial score (nSPS) is 10.4. The van der Waals surface area contributed by atoms with E-state index < -0.39 is 0 Å². The summed E-state index contributed by atoms with van der Waals surface area (Å²) in [6.07, 6.45) is 0. The van der Waals surface area contributed by atoms with Gasteiger partial charge in [-0.25, -0.2) is 0 Å². The zero-order valence-corrected chi connectivity index (χ0v) is 10.5. The van der Waals surface area contributed by atoms with E-state index in [9.17, 15) is 0 Å². The molecule has 2 N–H and O–H groups in total. The Bertz CT molecular complexity index is 494. The molecule has 82 valence electrons. The molecule has 0 fully saturated rings. The molecule has 0 amide bonds. The molecule has 0 aliphatic carbocycles. The topological polar surface area (TPSA) is 26.0 Å². The Morgan fingerprint density at radius 3 is 2.38 bits per heavy atom. The van der Waals surface area contributed by atoms with Gasteiger partial charge in [-0.1, -0.05) is 23.4 Å². The van der Waals surface area contributed by atoms with Gasteiger partial charge in [0.1, 0.15) is 0 Å². The third-order valence-corrected chi connectivity index (χ3v) is 3.68. The highest BCUT2D eigenvalue weighted by Crippen LogP contribution is 2.31. The van der Waals surface area contributed by atoms with Crippen molar-refractivity contribution in [1.82, 2.24) is 0 Å². The fourth-order valence-electron chi connectivity index (χ4n) is 1.42. The maximum Gasteiger partial charge on any atom is 0.0406 e. The summed E-state index contributed by atoms with van der Waals surface area (Å²) in [4.78, 5) is 2.40. The van der Waals surface area contributed by atoms with Crippen molar-refractivity contribution in [3.05, 3.63) is 53.1 Å². The zero-order chi connectivity index (χ0) is 11.5. The van der Waals surface area contributed by atoms with Crippen LogP contribution in [0.1, 0.15) is 5.56 Å². The van der Waals surface area contributed by atoms with Gasteiger partial charge < -0.3 is 5.73 Å². The largest absolute Gasteiger partial charge is 0.399 e. The van der Waals surface area contributed by atoms with Crippen LogP contribution in [0.15, 0.2) is 52.3 Å². The summed E-state index contributed by atoms with van der Waals surface area (Å²) in [6.45, 7) is 2.06. The average Bonchev–Trinajstić information content (AvgIpc) is 2.25. The van der Waals surface area contributed by atoms with E-state index in [0.717, 1.165) is 10.7 Å². The monoisotopic (exact) mass is 249 g/mol. The lowest BCUT2D eigenvalue weighted by molar-refractivity contribution is 1.29. The van der Waals surface area contributed by atoms with E-state index in [1.807, 2.05) is 42.5 Å². The summed E-state index contributed by atoms with van der Waals surface area (Å²) in [6, 6.07) is 13.8. The van der Waals surface area contributed by atoms with Crippen molar-refractivity contribution in [2.75, 3.05) is 5.73 Å². The summed E-state index contributed by atoms with van der Waals surface area (Å²) < 4.78 is 0. The van der Waals surface area contributed by atoms with Crippen molar-refractivity contribution in [3.63, 3.8) is 0 Å². The van der Waals surface area contributed by atoms with Gasteiger partial charge in [-0.15, -0.1) is 0 Å². The molecule has 3 heteroatoms. The van der Waals surface area contributed by atoms with Crippen LogP contribution >= 0.6 is 23.4 Å². The number of rotatable bonds is 2. The molecule has 2 aromatic rings. The Morgan fingerprint density at radius 2 is 1.75 bits per heavy atom. The maximum absolute atomic E-state index is 5.84. The van der Waals surface area contributed by atoms with Gasteiger partial charge in [0.05, 0.1) is 0 Å². The number of benzene rings is 2. The first-order valence-corrected chi connectivity index (χ1v) is 6.14. The summed E-state index contributed by atoms with van der Waals surface area (Å²) in [7, 11) is 0. The van der Waals surface area contributed by atoms with Gasteiger partial charge in [-0.05, 0) is 55.0 Å². The highest BCUT2D eigenvalue weighted by Gasteiger charge is 2.01. The Labute approximate surface area is 105 Å². The van der Waals surface area contributed by atoms with E-state index in [0.29, 0.717) is 0 Å². The first kappa shape index (κ1) is 11.4. The average molecular weight is 250 g/mol. The lowest BCUT2D eigenvalue weighted by Crippen LogP contribution is -1.86. The van der Waals surface area contributed by atoms with E-state index in [2.05, 4.69) is 6.92 Å². The Balaban J connectivity index is 2.23. The summed E-state index contributed by atoms with van der Waals surface area (Å²) in [5.74, 6) is 0. The van der Waals surface area contributed by atoms with Crippen molar-refractivity contribution in [2.45, 2.75) is 16.7 Å². The van der Waals surface area contributed by atoms with Crippen molar-refractivity contribution >= 4 is 29.1 Å². The Hall–Kier alpha value is -1.12. The quantitative estimate of drug-likeness (QED) is 0.800. The maximum atomic E-state index is 5.84. The van der Waals surface area contributed by atoms with Crippen LogP contribution in [0, 0.1) is 6.92 Å². The van der Waals surface area contributed by atoms with Gasteiger partial charge in [0.15, 0.2) is 0 Å². The number of nitrogens with two attached hydrogens (primary N) is 1. The number of anilines is 1. The van der Waals surface area contributed by atoms with Crippen molar-refractivity contribution in [2.24, 2.45) is 0 Å². The van der Waals surface area contributed by atoms with E-state index in [1.165, 1.54) is 15.4 Å². The van der Waals surface area contributed by atoms with Crippen LogP contribution in [0.5, 0.6) is 0 Å². The van der Waals surface area contributed by atoms with Crippen LogP contribution in [0.3, 0.4) is 0 Å². The van der Waals surface area contributed by atoms with Gasteiger partial charge in [0.2, 0.25) is 0 Å². The first-order chi connectivity index (χ1) is 7.65. The minimum absolute atomic E-state index is 0.762. The van der Waals surface area contributed by atoms with Crippen molar-refractivity contribution in [3.8, 4) is 0 Å². The molecule has 0 saturated carbocycles. The fourth-order valence-corrected chi connectivity index (χ4v) is 2.42. The fraction of sp³-hybridized carbons (Fsp3) is 0.0769. The molecule has 0 bridgehead atoms. The van der Waals surface area contributed by atoms with E-state index in [-0.39, 0.29) is 0 Å². The van der Waals surface area contributed by atoms with Crippen LogP contribution in [0.25, 0.3) is 0 Å². The molecular formula is C13H12ClNS. The highest BCUT2D eigenvalue weighted by atomic mass is 35.5. The molecule has 0 aliphatic heterocycles. The van der Waals surface area contributed by atoms with Crippen LogP contribution in [0.4, 0.5) is 5.69 Å². The van der Waals surface area contributed by atoms with Gasteiger partial charge in [0.25, 0.3) is 0 Å². The molecule has 0 spiro atoms. The summed E-state index contributed by atoms with van der Waals surface area (Å²) in [5.41, 5.74) is 7.71. The zero-order valence-electron chi connectivity index (χ0n) is 8.91. The summed E-state index contributed by atoms with van der Waals surface area (Å²) >= 11 is 7.56. The highest BCUT2D eigenvalue weighted by molar-refractivity contribution is 7.99. The smallest absolute Gasteiger partial charge is 0.0406 e. The summed E-state index contributed by atoms with van der Waals surface area (Å²) in [5, 5.41) is 0.762. The van der Waals surface area contributed by atoms with Gasteiger partial charge in [0, 0.05) is 20.5 Å². The molecule has 16 heavy (non-hydrogen) atoms. The second-order valence-electron chi connectivity index (χ2n) is 3.58. The minimum Gasteiger partial charge on any atom is -0.399 e. The molecule has 1 nitrogen and oxygen atoms in total. The lowest BCUT2D eigenvalue weighted by Gasteiger charge is -2.06. The predicted octanol–water partition coefficient (Wildman–Crippen LogP) is 4.38. The molecule has 0 aromatic heterocycles. The standard InChI is InChI=1S/C13H12ClNS/c1-9-8-11(15)4-7-13(9)16-12-5-2-10(14)3-6-12/h2-8H,15H2,1H3. The van der Waals surface area contributed by atoms with E-state index in [4.69, 9.17) is 17.3 Å². The van der Waals surface area contributed by atoms with Crippen LogP contribution in [0.2, 0.25) is 5.02 Å². The predicted molar refractivity (Wildman–Crippen MR) is 71.2 cm³/mol. The third-order valence-electron chi connectivity index (χ3n) is 2.24. The number of halogens is 1. The second kappa shape index (κ2) is 4.81. The molecule has 0 heterocycles. The molecule has 0 radical (unpaired) electrons. The second-order valence-corrected chi connectivity index (χ2v) is 5.13. The molecule has 2 rings (SSSR count). The van der Waals surface area contributed by atoms with Gasteiger partial charge in [-0.2, -0.15) is 0 Å². The van der Waals surface area contributed by atoms with E-state index in [1.54, 1.807) is 11.8 Å². The third kappa shape index (κ3) is 2.71. The number of aryl methyl sites for hydroxylation is 1. The van der Waals surface area contributed by atoms with Crippen LogP contribution in [-0.4, -0.2) is 0 Å². The molecule has 2 aromatic carbocycles. The van der Waals surface area contributed by atoms with Crippen LogP contribution in [-0.2, 0) is 0 Å². The SMILES string of the molecule is Cc1cc(N)ccc1Sc1ccc(Cl)cc1. The number of hydrogen-bond acceptors (Lipinski definition) is 2. The minimum atomic E-state index is 0.762. The molecule has 0 atom stereocenters. The van der Waals surface area contributed by atoms with Gasteiger partial charge >= 0.3 is 0 Å². The van der Waals surface area contributed by atoms with Gasteiger partial charge in [-0.3, -0.25) is 0 Å². The molecule has 0 unspecified atom stereocenters. The Morgan fingerprint density at radius 1 is 1.06 bits per heavy atom. The molecule has 0 saturated heterocycles. The number of hydrogen-bond donors (Lipinski definition) is 1. The molecular weight excluding hydrogens is 238 g/mol. The van der Waals surface area contributed by atoms with E-state index >= 15 is 0 Å². The Kier molecular flexibility index (Phi) is 3.42. The van der Waals surface area contributed by atoms with Crippen molar-refractivity contribution < 1.29 is 0 Å². The molecule has 0 aliphatic rings. The van der Waals surface area contributed by atoms with Crippen molar-refractivity contribution in [1.29, 1.82) is 0 Å². The lowest BCUT2D eigenvalue weighted by atomic mass is 10.2. The first-order valence-electron chi connectivity index (χ1n) is 4.95. The number of nitrogen functional groups attached to an aromatic ring is 1. The van der Waals surface area contributed by atoms with Crippen LogP contribution < -0.4 is 5.73 Å².